The first kappa shape index (κ1) is 13.9. The van der Waals surface area contributed by atoms with Crippen LogP contribution in [0.1, 0.15) is 37.7 Å². The predicted octanol–water partition coefficient (Wildman–Crippen LogP) is 2.01. The highest BCUT2D eigenvalue weighted by molar-refractivity contribution is 5.77. The molecule has 0 bridgehead atoms. The summed E-state index contributed by atoms with van der Waals surface area (Å²) in [4.78, 5) is 11.8. The molecule has 1 fully saturated rings. The molecule has 0 atom stereocenters. The van der Waals surface area contributed by atoms with E-state index in [0.717, 1.165) is 12.8 Å². The summed E-state index contributed by atoms with van der Waals surface area (Å²) in [7, 11) is 0. The van der Waals surface area contributed by atoms with Crippen molar-refractivity contribution in [2.45, 2.75) is 44.8 Å². The molecule has 1 saturated carbocycles. The molecule has 0 spiro atoms. The Morgan fingerprint density at radius 1 is 1.26 bits per heavy atom. The van der Waals surface area contributed by atoms with Crippen molar-refractivity contribution in [3.05, 3.63) is 29.8 Å². The molecule has 0 aliphatic heterocycles. The maximum atomic E-state index is 11.8. The smallest absolute Gasteiger partial charge is 0.258 e. The fourth-order valence-corrected chi connectivity index (χ4v) is 2.43. The second-order valence-electron chi connectivity index (χ2n) is 4.96. The van der Waals surface area contributed by atoms with Crippen LogP contribution in [0.4, 0.5) is 0 Å². The van der Waals surface area contributed by atoms with Crippen molar-refractivity contribution >= 4 is 5.91 Å². The van der Waals surface area contributed by atoms with E-state index in [2.05, 4.69) is 5.32 Å². The fraction of sp³-hybridized carbons (Fsp3) is 0.533. The van der Waals surface area contributed by atoms with Gasteiger partial charge in [0, 0.05) is 11.6 Å². The highest BCUT2D eigenvalue weighted by Crippen LogP contribution is 2.18. The SMILES string of the molecule is O=C(COc1ccccc1CO)NC1CCCCC1. The van der Waals surface area contributed by atoms with E-state index in [-0.39, 0.29) is 19.1 Å². The van der Waals surface area contributed by atoms with Gasteiger partial charge in [-0.2, -0.15) is 0 Å². The average Bonchev–Trinajstić information content (AvgIpc) is 2.46. The number of hydrogen-bond acceptors (Lipinski definition) is 3. The molecule has 0 unspecified atom stereocenters. The Kier molecular flexibility index (Phi) is 5.21. The molecule has 19 heavy (non-hydrogen) atoms. The van der Waals surface area contributed by atoms with Gasteiger partial charge in [0.15, 0.2) is 6.61 Å². The average molecular weight is 263 g/mol. The third kappa shape index (κ3) is 4.24. The van der Waals surface area contributed by atoms with Gasteiger partial charge in [0.05, 0.1) is 6.61 Å². The number of benzene rings is 1. The van der Waals surface area contributed by atoms with Gasteiger partial charge in [0.2, 0.25) is 0 Å². The first-order valence-corrected chi connectivity index (χ1v) is 6.90. The summed E-state index contributed by atoms with van der Waals surface area (Å²) in [5, 5.41) is 12.2. The molecular formula is C15H21NO3. The Hall–Kier alpha value is -1.55. The zero-order valence-corrected chi connectivity index (χ0v) is 11.1. The van der Waals surface area contributed by atoms with Crippen LogP contribution in [0.5, 0.6) is 5.75 Å². The lowest BCUT2D eigenvalue weighted by Crippen LogP contribution is -2.39. The van der Waals surface area contributed by atoms with Crippen LogP contribution in [0.25, 0.3) is 0 Å². The van der Waals surface area contributed by atoms with Crippen molar-refractivity contribution in [3.63, 3.8) is 0 Å². The molecular weight excluding hydrogens is 242 g/mol. The standard InChI is InChI=1S/C15H21NO3/c17-10-12-6-4-5-9-14(12)19-11-15(18)16-13-7-2-1-3-8-13/h4-6,9,13,17H,1-3,7-8,10-11H2,(H,16,18). The van der Waals surface area contributed by atoms with Crippen molar-refractivity contribution in [2.75, 3.05) is 6.61 Å². The van der Waals surface area contributed by atoms with Gasteiger partial charge in [0.25, 0.3) is 5.91 Å². The minimum atomic E-state index is -0.0837. The van der Waals surface area contributed by atoms with Crippen molar-refractivity contribution in [3.8, 4) is 5.75 Å². The molecule has 1 amide bonds. The topological polar surface area (TPSA) is 58.6 Å². The maximum Gasteiger partial charge on any atom is 0.258 e. The van der Waals surface area contributed by atoms with Gasteiger partial charge >= 0.3 is 0 Å². The number of rotatable bonds is 5. The van der Waals surface area contributed by atoms with Gasteiger partial charge in [-0.25, -0.2) is 0 Å². The van der Waals surface area contributed by atoms with Crippen LogP contribution in [0.15, 0.2) is 24.3 Å². The first-order chi connectivity index (χ1) is 9.29. The lowest BCUT2D eigenvalue weighted by molar-refractivity contribution is -0.124. The molecule has 0 aromatic heterocycles. The lowest BCUT2D eigenvalue weighted by atomic mass is 9.95. The van der Waals surface area contributed by atoms with Crippen LogP contribution in [0.3, 0.4) is 0 Å². The summed E-state index contributed by atoms with van der Waals surface area (Å²) in [6, 6.07) is 7.51. The molecule has 0 heterocycles. The maximum absolute atomic E-state index is 11.8. The van der Waals surface area contributed by atoms with Gasteiger partial charge < -0.3 is 15.2 Å². The van der Waals surface area contributed by atoms with Crippen LogP contribution in [0.2, 0.25) is 0 Å². The number of ether oxygens (including phenoxy) is 1. The zero-order valence-electron chi connectivity index (χ0n) is 11.1. The Bertz CT molecular complexity index is 414. The van der Waals surface area contributed by atoms with E-state index in [9.17, 15) is 4.79 Å². The van der Waals surface area contributed by atoms with Crippen molar-refractivity contribution < 1.29 is 14.6 Å². The van der Waals surface area contributed by atoms with Crippen LogP contribution in [-0.4, -0.2) is 23.7 Å². The number of aliphatic hydroxyl groups excluding tert-OH is 1. The number of carbonyl (C=O) groups is 1. The highest BCUT2D eigenvalue weighted by atomic mass is 16.5. The van der Waals surface area contributed by atoms with E-state index >= 15 is 0 Å². The molecule has 1 aliphatic carbocycles. The molecule has 4 nitrogen and oxygen atoms in total. The third-order valence-corrected chi connectivity index (χ3v) is 3.47. The van der Waals surface area contributed by atoms with Gasteiger partial charge in [-0.3, -0.25) is 4.79 Å². The molecule has 0 saturated heterocycles. The van der Waals surface area contributed by atoms with Gasteiger partial charge in [-0.15, -0.1) is 0 Å². The van der Waals surface area contributed by atoms with Crippen LogP contribution in [0, 0.1) is 0 Å². The van der Waals surface area contributed by atoms with Gasteiger partial charge in [-0.1, -0.05) is 37.5 Å². The molecule has 1 aliphatic rings. The fourth-order valence-electron chi connectivity index (χ4n) is 2.43. The second-order valence-corrected chi connectivity index (χ2v) is 4.96. The lowest BCUT2D eigenvalue weighted by Gasteiger charge is -2.22. The molecule has 0 radical (unpaired) electrons. The molecule has 4 heteroatoms. The van der Waals surface area contributed by atoms with E-state index in [1.165, 1.54) is 19.3 Å². The van der Waals surface area contributed by atoms with Crippen molar-refractivity contribution in [2.24, 2.45) is 0 Å². The molecule has 1 aromatic rings. The van der Waals surface area contributed by atoms with E-state index < -0.39 is 0 Å². The normalized spacial score (nSPS) is 16.1. The van der Waals surface area contributed by atoms with Crippen LogP contribution in [-0.2, 0) is 11.4 Å². The Morgan fingerprint density at radius 3 is 2.74 bits per heavy atom. The van der Waals surface area contributed by atoms with Crippen molar-refractivity contribution in [1.82, 2.24) is 5.32 Å². The summed E-state index contributed by atoms with van der Waals surface area (Å²) in [5.41, 5.74) is 0.702. The van der Waals surface area contributed by atoms with E-state index in [1.54, 1.807) is 12.1 Å². The Labute approximate surface area is 113 Å². The second kappa shape index (κ2) is 7.14. The minimum Gasteiger partial charge on any atom is -0.483 e. The summed E-state index contributed by atoms with van der Waals surface area (Å²) < 4.78 is 5.46. The molecule has 2 rings (SSSR count). The number of para-hydroxylation sites is 1. The number of amides is 1. The summed E-state index contributed by atoms with van der Waals surface area (Å²) in [6.07, 6.45) is 5.79. The summed E-state index contributed by atoms with van der Waals surface area (Å²) >= 11 is 0. The molecule has 104 valence electrons. The van der Waals surface area contributed by atoms with E-state index in [4.69, 9.17) is 9.84 Å². The molecule has 1 aromatic carbocycles. The number of aliphatic hydroxyl groups is 1. The van der Waals surface area contributed by atoms with Gasteiger partial charge in [-0.05, 0) is 18.9 Å². The van der Waals surface area contributed by atoms with Crippen LogP contribution < -0.4 is 10.1 Å². The zero-order chi connectivity index (χ0) is 13.5. The molecule has 2 N–H and O–H groups in total. The van der Waals surface area contributed by atoms with Gasteiger partial charge in [0.1, 0.15) is 5.75 Å². The number of carbonyl (C=O) groups excluding carboxylic acids is 1. The number of nitrogens with one attached hydrogen (secondary N) is 1. The van der Waals surface area contributed by atoms with E-state index in [1.807, 2.05) is 12.1 Å². The monoisotopic (exact) mass is 263 g/mol. The summed E-state index contributed by atoms with van der Waals surface area (Å²) in [6.45, 7) is -0.0755. The third-order valence-electron chi connectivity index (χ3n) is 3.47. The quantitative estimate of drug-likeness (QED) is 0.854. The Morgan fingerprint density at radius 2 is 2.00 bits per heavy atom. The van der Waals surface area contributed by atoms with Crippen molar-refractivity contribution in [1.29, 1.82) is 0 Å². The first-order valence-electron chi connectivity index (χ1n) is 6.90. The Balaban J connectivity index is 1.79. The summed E-state index contributed by atoms with van der Waals surface area (Å²) in [5.74, 6) is 0.489. The van der Waals surface area contributed by atoms with E-state index in [0.29, 0.717) is 17.4 Å². The van der Waals surface area contributed by atoms with Crippen LogP contribution >= 0.6 is 0 Å². The predicted molar refractivity (Wildman–Crippen MR) is 72.9 cm³/mol. The minimum absolute atomic E-state index is 0.00745. The number of hydrogen-bond donors (Lipinski definition) is 2. The highest BCUT2D eigenvalue weighted by Gasteiger charge is 2.16. The largest absolute Gasteiger partial charge is 0.483 e.